The van der Waals surface area contributed by atoms with Crippen molar-refractivity contribution >= 4 is 12.1 Å². The van der Waals surface area contributed by atoms with Crippen LogP contribution in [0.15, 0.2) is 4.99 Å². The molecule has 0 saturated heterocycles. The van der Waals surface area contributed by atoms with Gasteiger partial charge < -0.3 is 25.8 Å². The Kier molecular flexibility index (Phi) is 9.53. The zero-order valence-electron chi connectivity index (χ0n) is 13.9. The van der Waals surface area contributed by atoms with Crippen molar-refractivity contribution in [3.8, 4) is 0 Å². The number of alkyl carbamates (subject to hydrolysis) is 1. The molecule has 0 aromatic rings. The normalized spacial score (nSPS) is 13.7. The van der Waals surface area contributed by atoms with Gasteiger partial charge in [0.1, 0.15) is 5.60 Å². The summed E-state index contributed by atoms with van der Waals surface area (Å²) in [6.45, 7) is 9.12. The van der Waals surface area contributed by atoms with Crippen molar-refractivity contribution in [2.24, 2.45) is 10.7 Å². The van der Waals surface area contributed by atoms with Crippen LogP contribution in [0.1, 0.15) is 40.5 Å². The molecular formula is C14H30N4O3. The molecule has 7 heteroatoms. The molecule has 0 aliphatic carbocycles. The van der Waals surface area contributed by atoms with Crippen LogP contribution in [0.25, 0.3) is 0 Å². The molecule has 0 rings (SSSR count). The summed E-state index contributed by atoms with van der Waals surface area (Å²) < 4.78 is 10.1. The summed E-state index contributed by atoms with van der Waals surface area (Å²) in [7, 11) is 1.62. The topological polar surface area (TPSA) is 98.0 Å². The number of hydrogen-bond acceptors (Lipinski definition) is 4. The van der Waals surface area contributed by atoms with Crippen LogP contribution >= 0.6 is 0 Å². The van der Waals surface area contributed by atoms with Gasteiger partial charge in [-0.15, -0.1) is 0 Å². The van der Waals surface area contributed by atoms with Gasteiger partial charge >= 0.3 is 6.09 Å². The third-order valence-corrected chi connectivity index (χ3v) is 2.45. The molecule has 0 spiro atoms. The lowest BCUT2D eigenvalue weighted by molar-refractivity contribution is 0.0503. The zero-order chi connectivity index (χ0) is 16.3. The van der Waals surface area contributed by atoms with Crippen LogP contribution in [-0.2, 0) is 9.47 Å². The summed E-state index contributed by atoms with van der Waals surface area (Å²) in [6, 6.07) is -0.0902. The van der Waals surface area contributed by atoms with Crippen molar-refractivity contribution in [3.05, 3.63) is 0 Å². The molecular weight excluding hydrogens is 272 g/mol. The van der Waals surface area contributed by atoms with Crippen LogP contribution in [0, 0.1) is 0 Å². The summed E-state index contributed by atoms with van der Waals surface area (Å²) in [5.74, 6) is 0.346. The Bertz CT molecular complexity index is 327. The highest BCUT2D eigenvalue weighted by molar-refractivity contribution is 5.77. The van der Waals surface area contributed by atoms with E-state index in [0.717, 1.165) is 12.8 Å². The molecule has 1 atom stereocenters. The summed E-state index contributed by atoms with van der Waals surface area (Å²) in [6.07, 6.45) is 1.32. The highest BCUT2D eigenvalue weighted by Gasteiger charge is 2.19. The Hall–Kier alpha value is -1.50. The predicted molar refractivity (Wildman–Crippen MR) is 84.4 cm³/mol. The van der Waals surface area contributed by atoms with E-state index in [1.165, 1.54) is 0 Å². The molecule has 21 heavy (non-hydrogen) atoms. The second kappa shape index (κ2) is 10.3. The van der Waals surface area contributed by atoms with Crippen LogP contribution in [0.5, 0.6) is 0 Å². The van der Waals surface area contributed by atoms with E-state index >= 15 is 0 Å². The van der Waals surface area contributed by atoms with Gasteiger partial charge in [0, 0.05) is 13.7 Å². The molecule has 124 valence electrons. The standard InChI is InChI=1S/C14H30N4O3/c1-6-7-11(18-13(19)21-14(2,3)4)10-17-12(15)16-8-9-20-5/h11H,6-10H2,1-5H3,(H,18,19)(H3,15,16,17). The molecule has 7 nitrogen and oxygen atoms in total. The summed E-state index contributed by atoms with van der Waals surface area (Å²) in [5, 5.41) is 5.75. The lowest BCUT2D eigenvalue weighted by Crippen LogP contribution is -2.42. The van der Waals surface area contributed by atoms with E-state index in [0.29, 0.717) is 25.7 Å². The number of hydrogen-bond donors (Lipinski definition) is 3. The number of ether oxygens (including phenoxy) is 2. The summed E-state index contributed by atoms with van der Waals surface area (Å²) in [4.78, 5) is 16.0. The fourth-order valence-electron chi connectivity index (χ4n) is 1.58. The molecule has 1 amide bonds. The van der Waals surface area contributed by atoms with Crippen molar-refractivity contribution in [2.75, 3.05) is 26.8 Å². The quantitative estimate of drug-likeness (QED) is 0.356. The second-order valence-corrected chi connectivity index (χ2v) is 5.78. The fraction of sp³-hybridized carbons (Fsp3) is 0.857. The Labute approximate surface area is 127 Å². The van der Waals surface area contributed by atoms with Crippen LogP contribution < -0.4 is 16.4 Å². The number of aliphatic imine (C=N–C) groups is 1. The maximum Gasteiger partial charge on any atom is 0.407 e. The lowest BCUT2D eigenvalue weighted by Gasteiger charge is -2.22. The zero-order valence-corrected chi connectivity index (χ0v) is 13.9. The van der Waals surface area contributed by atoms with E-state index in [1.807, 2.05) is 27.7 Å². The van der Waals surface area contributed by atoms with Crippen molar-refractivity contribution in [1.29, 1.82) is 0 Å². The van der Waals surface area contributed by atoms with Crippen LogP contribution in [-0.4, -0.2) is 50.5 Å². The van der Waals surface area contributed by atoms with Gasteiger partial charge in [0.2, 0.25) is 0 Å². The number of methoxy groups -OCH3 is 1. The first-order valence-electron chi connectivity index (χ1n) is 7.30. The van der Waals surface area contributed by atoms with Crippen LogP contribution in [0.4, 0.5) is 4.79 Å². The molecule has 0 heterocycles. The van der Waals surface area contributed by atoms with Crippen molar-refractivity contribution < 1.29 is 14.3 Å². The minimum Gasteiger partial charge on any atom is -0.444 e. The molecule has 0 bridgehead atoms. The van der Waals surface area contributed by atoms with E-state index in [-0.39, 0.29) is 6.04 Å². The Morgan fingerprint density at radius 1 is 1.38 bits per heavy atom. The third kappa shape index (κ3) is 12.0. The van der Waals surface area contributed by atoms with Crippen molar-refractivity contribution in [1.82, 2.24) is 10.6 Å². The highest BCUT2D eigenvalue weighted by atomic mass is 16.6. The van der Waals surface area contributed by atoms with Gasteiger partial charge in [-0.05, 0) is 27.2 Å². The lowest BCUT2D eigenvalue weighted by atomic mass is 10.1. The molecule has 0 saturated carbocycles. The van der Waals surface area contributed by atoms with Gasteiger partial charge in [-0.25, -0.2) is 4.79 Å². The van der Waals surface area contributed by atoms with Gasteiger partial charge in [0.25, 0.3) is 0 Å². The second-order valence-electron chi connectivity index (χ2n) is 5.78. The number of nitrogens with zero attached hydrogens (tertiary/aromatic N) is 1. The SMILES string of the molecule is CCCC(CN=C(N)NCCOC)NC(=O)OC(C)(C)C. The summed E-state index contributed by atoms with van der Waals surface area (Å²) >= 11 is 0. The highest BCUT2D eigenvalue weighted by Crippen LogP contribution is 2.07. The van der Waals surface area contributed by atoms with Gasteiger partial charge in [-0.2, -0.15) is 0 Å². The maximum absolute atomic E-state index is 11.8. The van der Waals surface area contributed by atoms with E-state index in [1.54, 1.807) is 7.11 Å². The number of nitrogens with two attached hydrogens (primary N) is 1. The maximum atomic E-state index is 11.8. The van der Waals surface area contributed by atoms with Gasteiger partial charge in [0.05, 0.1) is 19.2 Å². The van der Waals surface area contributed by atoms with Crippen molar-refractivity contribution in [2.45, 2.75) is 52.2 Å². The van der Waals surface area contributed by atoms with E-state index in [4.69, 9.17) is 15.2 Å². The average molecular weight is 302 g/mol. The number of carbonyl (C=O) groups is 1. The first-order valence-corrected chi connectivity index (χ1v) is 7.30. The third-order valence-electron chi connectivity index (χ3n) is 2.45. The number of nitrogens with one attached hydrogen (secondary N) is 2. The average Bonchev–Trinajstić information content (AvgIpc) is 2.34. The van der Waals surface area contributed by atoms with Gasteiger partial charge in [0.15, 0.2) is 5.96 Å². The molecule has 4 N–H and O–H groups in total. The monoisotopic (exact) mass is 302 g/mol. The molecule has 0 aliphatic rings. The largest absolute Gasteiger partial charge is 0.444 e. The van der Waals surface area contributed by atoms with E-state index < -0.39 is 11.7 Å². The Balaban J connectivity index is 4.29. The molecule has 0 radical (unpaired) electrons. The number of rotatable bonds is 8. The Morgan fingerprint density at radius 2 is 2.05 bits per heavy atom. The first-order chi connectivity index (χ1) is 9.78. The smallest absolute Gasteiger partial charge is 0.407 e. The molecule has 0 aliphatic heterocycles. The molecule has 0 aromatic heterocycles. The van der Waals surface area contributed by atoms with Crippen LogP contribution in [0.2, 0.25) is 0 Å². The van der Waals surface area contributed by atoms with Gasteiger partial charge in [-0.3, -0.25) is 4.99 Å². The molecule has 1 unspecified atom stereocenters. The summed E-state index contributed by atoms with van der Waals surface area (Å²) in [5.41, 5.74) is 5.22. The minimum atomic E-state index is -0.509. The Morgan fingerprint density at radius 3 is 2.57 bits per heavy atom. The number of carbonyl (C=O) groups excluding carboxylic acids is 1. The first kappa shape index (κ1) is 19.5. The number of amides is 1. The van der Waals surface area contributed by atoms with Crippen molar-refractivity contribution in [3.63, 3.8) is 0 Å². The van der Waals surface area contributed by atoms with E-state index in [9.17, 15) is 4.79 Å². The van der Waals surface area contributed by atoms with Crippen LogP contribution in [0.3, 0.4) is 0 Å². The fourth-order valence-corrected chi connectivity index (χ4v) is 1.58. The van der Waals surface area contributed by atoms with E-state index in [2.05, 4.69) is 15.6 Å². The molecule has 0 aromatic carbocycles. The predicted octanol–water partition coefficient (Wildman–Crippen LogP) is 1.23. The minimum absolute atomic E-state index is 0.0902. The number of guanidine groups is 1. The molecule has 0 fully saturated rings. The van der Waals surface area contributed by atoms with Gasteiger partial charge in [-0.1, -0.05) is 13.3 Å².